The SMILES string of the molecule is NC(=O)c1cc2c(c(F)c1-c1c(Cl)c(F)cc3c1C[C@](c1ccccc1)([C@@H]1CCCN1)O3)[C@@H](O)[C@H](F)C2. The molecule has 9 heteroatoms. The highest BCUT2D eigenvalue weighted by atomic mass is 35.5. The molecule has 6 rings (SSSR count). The number of fused-ring (bicyclic) bond motifs is 2. The Kier molecular flexibility index (Phi) is 5.74. The second-order valence-electron chi connectivity index (χ2n) is 9.92. The van der Waals surface area contributed by atoms with Crippen LogP contribution in [0.3, 0.4) is 0 Å². The average Bonchev–Trinajstić information content (AvgIpc) is 3.60. The molecule has 1 saturated heterocycles. The highest BCUT2D eigenvalue weighted by Crippen LogP contribution is 2.53. The highest BCUT2D eigenvalue weighted by molar-refractivity contribution is 6.34. The van der Waals surface area contributed by atoms with Gasteiger partial charge in [-0.1, -0.05) is 41.9 Å². The van der Waals surface area contributed by atoms with E-state index in [4.69, 9.17) is 22.1 Å². The Balaban J connectivity index is 1.61. The Hall–Kier alpha value is -3.07. The predicted octanol–water partition coefficient (Wildman–Crippen LogP) is 4.89. The third-order valence-corrected chi connectivity index (χ3v) is 8.23. The molecule has 3 aromatic carbocycles. The van der Waals surface area contributed by atoms with Crippen LogP contribution in [0.4, 0.5) is 13.2 Å². The van der Waals surface area contributed by atoms with Gasteiger partial charge in [0.25, 0.3) is 0 Å². The van der Waals surface area contributed by atoms with Gasteiger partial charge >= 0.3 is 0 Å². The number of halogens is 4. The molecule has 0 spiro atoms. The van der Waals surface area contributed by atoms with Crippen molar-refractivity contribution in [2.45, 2.75) is 49.6 Å². The van der Waals surface area contributed by atoms with Crippen molar-refractivity contribution in [3.63, 3.8) is 0 Å². The largest absolute Gasteiger partial charge is 0.480 e. The maximum atomic E-state index is 16.1. The Labute approximate surface area is 216 Å². The molecule has 0 bridgehead atoms. The summed E-state index contributed by atoms with van der Waals surface area (Å²) in [5.41, 5.74) is 5.14. The summed E-state index contributed by atoms with van der Waals surface area (Å²) < 4.78 is 52.2. The van der Waals surface area contributed by atoms with Gasteiger partial charge in [-0.3, -0.25) is 4.79 Å². The fourth-order valence-corrected chi connectivity index (χ4v) is 6.43. The number of carbonyl (C=O) groups excluding carboxylic acids is 1. The molecular formula is C28H24ClF3N2O3. The number of nitrogens with two attached hydrogens (primary N) is 1. The van der Waals surface area contributed by atoms with Gasteiger partial charge in [0.15, 0.2) is 5.60 Å². The lowest BCUT2D eigenvalue weighted by atomic mass is 9.80. The number of amides is 1. The van der Waals surface area contributed by atoms with Crippen LogP contribution < -0.4 is 15.8 Å². The Morgan fingerprint density at radius 3 is 2.62 bits per heavy atom. The molecule has 2 aliphatic heterocycles. The smallest absolute Gasteiger partial charge is 0.249 e. The molecule has 1 aliphatic carbocycles. The van der Waals surface area contributed by atoms with E-state index in [1.165, 1.54) is 12.1 Å². The average molecular weight is 529 g/mol. The molecule has 0 unspecified atom stereocenters. The fourth-order valence-electron chi connectivity index (χ4n) is 6.17. The number of hydrogen-bond acceptors (Lipinski definition) is 4. The number of primary amides is 1. The maximum Gasteiger partial charge on any atom is 0.249 e. The zero-order valence-corrected chi connectivity index (χ0v) is 20.4. The van der Waals surface area contributed by atoms with Crippen LogP contribution in [0.15, 0.2) is 42.5 Å². The van der Waals surface area contributed by atoms with E-state index in [1.54, 1.807) is 0 Å². The first-order valence-electron chi connectivity index (χ1n) is 12.2. The van der Waals surface area contributed by atoms with Crippen LogP contribution in [0.1, 0.15) is 51.6 Å². The monoisotopic (exact) mass is 528 g/mol. The van der Waals surface area contributed by atoms with Crippen molar-refractivity contribution in [2.24, 2.45) is 5.73 Å². The molecule has 1 fully saturated rings. The Morgan fingerprint density at radius 2 is 1.95 bits per heavy atom. The van der Waals surface area contributed by atoms with Crippen LogP contribution in [0.2, 0.25) is 5.02 Å². The van der Waals surface area contributed by atoms with Gasteiger partial charge in [-0.25, -0.2) is 13.2 Å². The van der Waals surface area contributed by atoms with E-state index in [-0.39, 0.29) is 52.5 Å². The molecule has 0 radical (unpaired) electrons. The first-order chi connectivity index (χ1) is 17.7. The van der Waals surface area contributed by atoms with Crippen LogP contribution >= 0.6 is 11.6 Å². The third-order valence-electron chi connectivity index (χ3n) is 7.86. The lowest BCUT2D eigenvalue weighted by molar-refractivity contribution is 0.0539. The first-order valence-corrected chi connectivity index (χ1v) is 12.6. The van der Waals surface area contributed by atoms with E-state index in [9.17, 15) is 14.3 Å². The number of rotatable bonds is 4. The van der Waals surface area contributed by atoms with Gasteiger partial charge in [0.05, 0.1) is 16.6 Å². The molecule has 4 N–H and O–H groups in total. The van der Waals surface area contributed by atoms with Gasteiger partial charge in [-0.15, -0.1) is 0 Å². The molecule has 0 aromatic heterocycles. The quantitative estimate of drug-likeness (QED) is 0.450. The number of carbonyl (C=O) groups is 1. The van der Waals surface area contributed by atoms with Gasteiger partial charge in [0.1, 0.15) is 29.7 Å². The van der Waals surface area contributed by atoms with Crippen molar-refractivity contribution < 1.29 is 27.8 Å². The molecule has 2 heterocycles. The van der Waals surface area contributed by atoms with Crippen LogP contribution in [0.25, 0.3) is 11.1 Å². The zero-order valence-electron chi connectivity index (χ0n) is 19.7. The second-order valence-corrected chi connectivity index (χ2v) is 10.3. The molecule has 3 aromatic rings. The normalized spacial score (nSPS) is 26.1. The molecule has 5 nitrogen and oxygen atoms in total. The van der Waals surface area contributed by atoms with E-state index in [1.807, 2.05) is 30.3 Å². The van der Waals surface area contributed by atoms with Crippen LogP contribution in [0, 0.1) is 11.6 Å². The molecule has 4 atom stereocenters. The zero-order chi connectivity index (χ0) is 26.1. The van der Waals surface area contributed by atoms with Gasteiger partial charge in [-0.05, 0) is 36.6 Å². The number of aliphatic hydroxyl groups excluding tert-OH is 1. The standard InChI is InChI=1S/C28H24ClF3N2O3/c29-24-17(30)11-19-16(12-28(37-19,20-7-4-8-34-20)14-5-2-1-3-6-14)22(24)23-15(27(33)36)9-13-10-18(31)26(35)21(13)25(23)32/h1-3,5-6,9,11,18,20,26,34-35H,4,7-8,10,12H2,(H2,33,36)/t18-,20+,26+,28+/m1/s1. The molecule has 3 aliphatic rings. The lowest BCUT2D eigenvalue weighted by Gasteiger charge is -2.35. The number of alkyl halides is 1. The summed E-state index contributed by atoms with van der Waals surface area (Å²) in [5.74, 6) is -2.70. The predicted molar refractivity (Wildman–Crippen MR) is 132 cm³/mol. The Bertz CT molecular complexity index is 1430. The van der Waals surface area contributed by atoms with Gasteiger partial charge < -0.3 is 20.9 Å². The summed E-state index contributed by atoms with van der Waals surface area (Å²) in [6, 6.07) is 11.8. The molecule has 192 valence electrons. The van der Waals surface area contributed by atoms with E-state index in [0.29, 0.717) is 5.56 Å². The van der Waals surface area contributed by atoms with Crippen LogP contribution in [-0.2, 0) is 18.4 Å². The number of aliphatic hydroxyl groups is 1. The van der Waals surface area contributed by atoms with Crippen molar-refractivity contribution in [1.29, 1.82) is 0 Å². The fraction of sp³-hybridized carbons (Fsp3) is 0.321. The summed E-state index contributed by atoms with van der Waals surface area (Å²) >= 11 is 6.47. The number of hydrogen-bond donors (Lipinski definition) is 3. The minimum absolute atomic E-state index is 0.0731. The van der Waals surface area contributed by atoms with Crippen molar-refractivity contribution in [1.82, 2.24) is 5.32 Å². The summed E-state index contributed by atoms with van der Waals surface area (Å²) in [7, 11) is 0. The maximum absolute atomic E-state index is 16.1. The summed E-state index contributed by atoms with van der Waals surface area (Å²) in [5, 5.41) is 13.4. The first kappa shape index (κ1) is 24.3. The molecular weight excluding hydrogens is 505 g/mol. The van der Waals surface area contributed by atoms with Crippen molar-refractivity contribution in [3.05, 3.63) is 86.9 Å². The summed E-state index contributed by atoms with van der Waals surface area (Å²) in [6.45, 7) is 0.786. The van der Waals surface area contributed by atoms with Crippen molar-refractivity contribution >= 4 is 17.5 Å². The topological polar surface area (TPSA) is 84.6 Å². The van der Waals surface area contributed by atoms with E-state index in [2.05, 4.69) is 5.32 Å². The van der Waals surface area contributed by atoms with E-state index in [0.717, 1.165) is 24.9 Å². The van der Waals surface area contributed by atoms with Crippen molar-refractivity contribution in [3.8, 4) is 16.9 Å². The molecule has 1 amide bonds. The number of ether oxygens (including phenoxy) is 1. The second kappa shape index (κ2) is 8.75. The minimum Gasteiger partial charge on any atom is -0.480 e. The summed E-state index contributed by atoms with van der Waals surface area (Å²) in [4.78, 5) is 12.5. The van der Waals surface area contributed by atoms with Crippen LogP contribution in [-0.4, -0.2) is 29.8 Å². The number of nitrogens with one attached hydrogen (secondary N) is 1. The molecule has 37 heavy (non-hydrogen) atoms. The minimum atomic E-state index is -1.74. The number of benzene rings is 3. The molecule has 0 saturated carbocycles. The van der Waals surface area contributed by atoms with E-state index < -0.39 is 40.4 Å². The van der Waals surface area contributed by atoms with Crippen LogP contribution in [0.5, 0.6) is 5.75 Å². The Morgan fingerprint density at radius 1 is 1.19 bits per heavy atom. The highest BCUT2D eigenvalue weighted by Gasteiger charge is 2.50. The van der Waals surface area contributed by atoms with Crippen molar-refractivity contribution in [2.75, 3.05) is 6.54 Å². The van der Waals surface area contributed by atoms with Gasteiger partial charge in [0, 0.05) is 41.2 Å². The van der Waals surface area contributed by atoms with Gasteiger partial charge in [0.2, 0.25) is 5.91 Å². The lowest BCUT2D eigenvalue weighted by Crippen LogP contribution is -2.48. The van der Waals surface area contributed by atoms with Gasteiger partial charge in [-0.2, -0.15) is 0 Å². The van der Waals surface area contributed by atoms with E-state index >= 15 is 8.78 Å². The third kappa shape index (κ3) is 3.57. The summed E-state index contributed by atoms with van der Waals surface area (Å²) in [6.07, 6.45) is -1.79.